The van der Waals surface area contributed by atoms with Crippen LogP contribution in [0.25, 0.3) is 0 Å². The van der Waals surface area contributed by atoms with Crippen molar-refractivity contribution in [2.45, 2.75) is 19.8 Å². The van der Waals surface area contributed by atoms with E-state index in [2.05, 4.69) is 6.58 Å². The molecule has 0 amide bonds. The number of nitrogens with two attached hydrogens (primary N) is 1. The van der Waals surface area contributed by atoms with Gasteiger partial charge in [0, 0.05) is 0 Å². The van der Waals surface area contributed by atoms with E-state index < -0.39 is 5.97 Å². The first-order chi connectivity index (χ1) is 5.07. The molecular formula is C8H15NO2. The second-order valence-corrected chi connectivity index (χ2v) is 2.77. The molecule has 0 rings (SSSR count). The third-order valence-corrected chi connectivity index (χ3v) is 1.46. The van der Waals surface area contributed by atoms with Gasteiger partial charge in [-0.3, -0.25) is 4.79 Å². The van der Waals surface area contributed by atoms with Gasteiger partial charge in [0.1, 0.15) is 0 Å². The van der Waals surface area contributed by atoms with Crippen LogP contribution < -0.4 is 5.73 Å². The van der Waals surface area contributed by atoms with E-state index in [1.165, 1.54) is 0 Å². The first kappa shape index (κ1) is 10.2. The molecule has 0 bridgehead atoms. The van der Waals surface area contributed by atoms with E-state index in [9.17, 15) is 4.79 Å². The second kappa shape index (κ2) is 4.91. The van der Waals surface area contributed by atoms with Crippen molar-refractivity contribution in [1.29, 1.82) is 0 Å². The quantitative estimate of drug-likeness (QED) is 0.585. The van der Waals surface area contributed by atoms with Crippen molar-refractivity contribution in [2.24, 2.45) is 11.7 Å². The van der Waals surface area contributed by atoms with Crippen LogP contribution in [0.2, 0.25) is 0 Å². The van der Waals surface area contributed by atoms with Crippen LogP contribution in [0.1, 0.15) is 19.8 Å². The number of hydrogen-bond donors (Lipinski definition) is 2. The van der Waals surface area contributed by atoms with Gasteiger partial charge in [0.2, 0.25) is 0 Å². The average Bonchev–Trinajstić information content (AvgIpc) is 1.86. The van der Waals surface area contributed by atoms with Crippen LogP contribution in [0.5, 0.6) is 0 Å². The van der Waals surface area contributed by atoms with Gasteiger partial charge < -0.3 is 10.8 Å². The zero-order chi connectivity index (χ0) is 8.85. The minimum atomic E-state index is -0.779. The Morgan fingerprint density at radius 2 is 2.27 bits per heavy atom. The smallest absolute Gasteiger partial charge is 0.306 e. The van der Waals surface area contributed by atoms with Crippen molar-refractivity contribution in [3.63, 3.8) is 0 Å². The molecule has 0 saturated carbocycles. The molecule has 0 heterocycles. The number of aliphatic carboxylic acids is 1. The van der Waals surface area contributed by atoms with E-state index in [0.717, 1.165) is 5.57 Å². The Balaban J connectivity index is 3.89. The summed E-state index contributed by atoms with van der Waals surface area (Å²) in [6, 6.07) is 0. The van der Waals surface area contributed by atoms with Gasteiger partial charge in [-0.15, -0.1) is 6.58 Å². The van der Waals surface area contributed by atoms with Gasteiger partial charge in [-0.1, -0.05) is 5.57 Å². The Bertz CT molecular complexity index is 154. The fourth-order valence-electron chi connectivity index (χ4n) is 0.935. The molecule has 0 aliphatic heterocycles. The van der Waals surface area contributed by atoms with E-state index in [1.807, 2.05) is 6.92 Å². The predicted molar refractivity (Wildman–Crippen MR) is 44.2 cm³/mol. The van der Waals surface area contributed by atoms with E-state index in [-0.39, 0.29) is 5.92 Å². The maximum Gasteiger partial charge on any atom is 0.306 e. The molecule has 3 N–H and O–H groups in total. The molecular weight excluding hydrogens is 142 g/mol. The summed E-state index contributed by atoms with van der Waals surface area (Å²) in [5, 5.41) is 8.66. The maximum absolute atomic E-state index is 10.5. The van der Waals surface area contributed by atoms with Gasteiger partial charge >= 0.3 is 5.97 Å². The third kappa shape index (κ3) is 4.56. The maximum atomic E-state index is 10.5. The van der Waals surface area contributed by atoms with Crippen molar-refractivity contribution in [3.8, 4) is 0 Å². The van der Waals surface area contributed by atoms with Crippen LogP contribution in [0.15, 0.2) is 12.2 Å². The molecule has 0 radical (unpaired) electrons. The van der Waals surface area contributed by atoms with E-state index in [4.69, 9.17) is 10.8 Å². The Morgan fingerprint density at radius 3 is 2.55 bits per heavy atom. The lowest BCUT2D eigenvalue weighted by molar-refractivity contribution is -0.141. The third-order valence-electron chi connectivity index (χ3n) is 1.46. The summed E-state index contributed by atoms with van der Waals surface area (Å²) in [6.45, 7) is 5.90. The summed E-state index contributed by atoms with van der Waals surface area (Å²) < 4.78 is 0. The first-order valence-corrected chi connectivity index (χ1v) is 3.65. The summed E-state index contributed by atoms with van der Waals surface area (Å²) in [5.41, 5.74) is 6.14. The highest BCUT2D eigenvalue weighted by Gasteiger charge is 2.15. The van der Waals surface area contributed by atoms with E-state index >= 15 is 0 Å². The number of carboxylic acid groups (broad SMARTS) is 1. The molecule has 3 nitrogen and oxygen atoms in total. The van der Waals surface area contributed by atoms with Gasteiger partial charge in [-0.25, -0.2) is 0 Å². The Kier molecular flexibility index (Phi) is 4.54. The van der Waals surface area contributed by atoms with Gasteiger partial charge in [0.05, 0.1) is 5.92 Å². The minimum Gasteiger partial charge on any atom is -0.481 e. The fourth-order valence-corrected chi connectivity index (χ4v) is 0.935. The Labute approximate surface area is 66.9 Å². The molecule has 3 heteroatoms. The molecule has 0 saturated heterocycles. The highest BCUT2D eigenvalue weighted by molar-refractivity contribution is 5.70. The molecule has 64 valence electrons. The molecule has 0 fully saturated rings. The van der Waals surface area contributed by atoms with Gasteiger partial charge in [0.15, 0.2) is 0 Å². The lowest BCUT2D eigenvalue weighted by Gasteiger charge is -2.09. The first-order valence-electron chi connectivity index (χ1n) is 3.65. The summed E-state index contributed by atoms with van der Waals surface area (Å²) in [4.78, 5) is 10.5. The van der Waals surface area contributed by atoms with Crippen molar-refractivity contribution in [2.75, 3.05) is 6.54 Å². The average molecular weight is 157 g/mol. The van der Waals surface area contributed by atoms with Crippen LogP contribution in [0.3, 0.4) is 0 Å². The number of carboxylic acids is 1. The second-order valence-electron chi connectivity index (χ2n) is 2.77. The molecule has 0 aliphatic carbocycles. The monoisotopic (exact) mass is 157 g/mol. The van der Waals surface area contributed by atoms with Crippen LogP contribution in [0.4, 0.5) is 0 Å². The SMILES string of the molecule is C=C(C)CC(CCN)C(=O)O. The summed E-state index contributed by atoms with van der Waals surface area (Å²) in [7, 11) is 0. The van der Waals surface area contributed by atoms with Crippen LogP contribution in [0, 0.1) is 5.92 Å². The molecule has 0 aromatic carbocycles. The van der Waals surface area contributed by atoms with Crippen LogP contribution in [-0.4, -0.2) is 17.6 Å². The van der Waals surface area contributed by atoms with Gasteiger partial charge in [-0.05, 0) is 26.3 Å². The number of rotatable bonds is 5. The topological polar surface area (TPSA) is 63.3 Å². The lowest BCUT2D eigenvalue weighted by Crippen LogP contribution is -2.18. The van der Waals surface area contributed by atoms with Crippen molar-refractivity contribution >= 4 is 5.97 Å². The summed E-state index contributed by atoms with van der Waals surface area (Å²) >= 11 is 0. The Morgan fingerprint density at radius 1 is 1.73 bits per heavy atom. The molecule has 11 heavy (non-hydrogen) atoms. The van der Waals surface area contributed by atoms with E-state index in [0.29, 0.717) is 19.4 Å². The van der Waals surface area contributed by atoms with Crippen molar-refractivity contribution in [1.82, 2.24) is 0 Å². The molecule has 1 atom stereocenters. The van der Waals surface area contributed by atoms with E-state index in [1.54, 1.807) is 0 Å². The molecule has 0 aromatic heterocycles. The molecule has 0 aliphatic rings. The summed E-state index contributed by atoms with van der Waals surface area (Å²) in [6.07, 6.45) is 1.06. The lowest BCUT2D eigenvalue weighted by atomic mass is 9.98. The normalized spacial score (nSPS) is 12.5. The largest absolute Gasteiger partial charge is 0.481 e. The van der Waals surface area contributed by atoms with Crippen LogP contribution >= 0.6 is 0 Å². The molecule has 0 aromatic rings. The zero-order valence-electron chi connectivity index (χ0n) is 6.84. The fraction of sp³-hybridized carbons (Fsp3) is 0.625. The number of hydrogen-bond acceptors (Lipinski definition) is 2. The highest BCUT2D eigenvalue weighted by Crippen LogP contribution is 2.12. The molecule has 0 spiro atoms. The highest BCUT2D eigenvalue weighted by atomic mass is 16.4. The molecule has 1 unspecified atom stereocenters. The van der Waals surface area contributed by atoms with Gasteiger partial charge in [0.25, 0.3) is 0 Å². The van der Waals surface area contributed by atoms with Crippen molar-refractivity contribution in [3.05, 3.63) is 12.2 Å². The Hall–Kier alpha value is -0.830. The van der Waals surface area contributed by atoms with Gasteiger partial charge in [-0.2, -0.15) is 0 Å². The zero-order valence-corrected chi connectivity index (χ0v) is 6.84. The van der Waals surface area contributed by atoms with Crippen LogP contribution in [-0.2, 0) is 4.79 Å². The number of allylic oxidation sites excluding steroid dienone is 1. The summed E-state index contributed by atoms with van der Waals surface area (Å²) in [5.74, 6) is -1.13. The predicted octanol–water partition coefficient (Wildman–Crippen LogP) is 1.00. The van der Waals surface area contributed by atoms with Crippen molar-refractivity contribution < 1.29 is 9.90 Å². The minimum absolute atomic E-state index is 0.350. The number of carbonyl (C=O) groups is 1. The standard InChI is InChI=1S/C8H15NO2/c1-6(2)5-7(3-4-9)8(10)11/h7H,1,3-5,9H2,2H3,(H,10,11).